The molecule has 2 aliphatic rings. The number of aryl methyl sites for hydroxylation is 1. The fourth-order valence-electron chi connectivity index (χ4n) is 4.89. The summed E-state index contributed by atoms with van der Waals surface area (Å²) < 4.78 is 51.6. The summed E-state index contributed by atoms with van der Waals surface area (Å²) in [5, 5.41) is 14.2. The predicted octanol–water partition coefficient (Wildman–Crippen LogP) is 3.91. The van der Waals surface area contributed by atoms with Gasteiger partial charge in [-0.05, 0) is 61.2 Å². The Morgan fingerprint density at radius 3 is 2.37 bits per heavy atom. The van der Waals surface area contributed by atoms with Gasteiger partial charge in [-0.1, -0.05) is 24.3 Å². The molecule has 3 N–H and O–H groups in total. The maximum Gasteiger partial charge on any atom is 0.586 e. The summed E-state index contributed by atoms with van der Waals surface area (Å²) in [5.74, 6) is -1.53. The van der Waals surface area contributed by atoms with Crippen molar-refractivity contribution >= 4 is 23.6 Å². The van der Waals surface area contributed by atoms with Crippen molar-refractivity contribution < 1.29 is 52.0 Å². The van der Waals surface area contributed by atoms with Gasteiger partial charge in [-0.2, -0.15) is 0 Å². The van der Waals surface area contributed by atoms with Crippen molar-refractivity contribution in [1.29, 1.82) is 0 Å². The number of halogens is 2. The SMILES string of the molecule is Cc1ccc(NC(=O)C2(c3ccc4c(c3)OC(F)(F)O4)CC2)nc1-c1cccc(C(=O)NCCOCCOCCOCC(=O)O)c1. The lowest BCUT2D eigenvalue weighted by Gasteiger charge is -2.17. The van der Waals surface area contributed by atoms with Crippen molar-refractivity contribution in [2.75, 3.05) is 51.5 Å². The number of hydrogen-bond donors (Lipinski definition) is 3. The second-order valence-electron chi connectivity index (χ2n) is 10.7. The Hall–Kier alpha value is -4.66. The number of carbonyl (C=O) groups excluding carboxylic acids is 2. The molecule has 1 saturated carbocycles. The summed E-state index contributed by atoms with van der Waals surface area (Å²) in [7, 11) is 0. The highest BCUT2D eigenvalue weighted by molar-refractivity contribution is 6.01. The van der Waals surface area contributed by atoms with Crippen LogP contribution in [-0.2, 0) is 29.2 Å². The number of fused-ring (bicyclic) bond motifs is 1. The molecule has 244 valence electrons. The lowest BCUT2D eigenvalue weighted by Crippen LogP contribution is -2.28. The number of carboxylic acid groups (broad SMARTS) is 1. The van der Waals surface area contributed by atoms with Crippen LogP contribution in [0.4, 0.5) is 14.6 Å². The van der Waals surface area contributed by atoms with E-state index in [0.29, 0.717) is 54.3 Å². The Morgan fingerprint density at radius 1 is 0.913 bits per heavy atom. The Kier molecular flexibility index (Phi) is 10.1. The highest BCUT2D eigenvalue weighted by Gasteiger charge is 2.53. The molecule has 46 heavy (non-hydrogen) atoms. The van der Waals surface area contributed by atoms with E-state index in [2.05, 4.69) is 25.1 Å². The largest absolute Gasteiger partial charge is 0.586 e. The van der Waals surface area contributed by atoms with Crippen molar-refractivity contribution in [3.63, 3.8) is 0 Å². The van der Waals surface area contributed by atoms with Crippen molar-refractivity contribution in [1.82, 2.24) is 10.3 Å². The lowest BCUT2D eigenvalue weighted by atomic mass is 9.94. The van der Waals surface area contributed by atoms with E-state index in [0.717, 1.165) is 5.56 Å². The van der Waals surface area contributed by atoms with Crippen LogP contribution in [0.3, 0.4) is 0 Å². The maximum atomic E-state index is 13.5. The number of nitrogens with one attached hydrogen (secondary N) is 2. The van der Waals surface area contributed by atoms with Gasteiger partial charge in [0.25, 0.3) is 5.91 Å². The van der Waals surface area contributed by atoms with Gasteiger partial charge in [-0.25, -0.2) is 9.78 Å². The number of ether oxygens (including phenoxy) is 5. The lowest BCUT2D eigenvalue weighted by molar-refractivity contribution is -0.286. The number of pyridine rings is 1. The zero-order chi connectivity index (χ0) is 32.7. The van der Waals surface area contributed by atoms with E-state index in [1.165, 1.54) is 12.1 Å². The Balaban J connectivity index is 1.13. The van der Waals surface area contributed by atoms with Gasteiger partial charge in [0.1, 0.15) is 12.4 Å². The van der Waals surface area contributed by atoms with Crippen LogP contribution in [0.15, 0.2) is 54.6 Å². The zero-order valence-electron chi connectivity index (χ0n) is 25.0. The van der Waals surface area contributed by atoms with E-state index in [4.69, 9.17) is 19.3 Å². The van der Waals surface area contributed by atoms with Gasteiger partial charge in [0.2, 0.25) is 5.91 Å². The number of nitrogens with zero attached hydrogens (tertiary/aromatic N) is 1. The van der Waals surface area contributed by atoms with Crippen molar-refractivity contribution in [3.8, 4) is 22.8 Å². The van der Waals surface area contributed by atoms with E-state index in [9.17, 15) is 23.2 Å². The smallest absolute Gasteiger partial charge is 0.480 e. The van der Waals surface area contributed by atoms with E-state index < -0.39 is 17.7 Å². The molecule has 2 amide bonds. The number of benzene rings is 2. The van der Waals surface area contributed by atoms with Gasteiger partial charge < -0.3 is 39.4 Å². The number of aromatic nitrogens is 1. The van der Waals surface area contributed by atoms with Crippen LogP contribution in [0.2, 0.25) is 0 Å². The Bertz CT molecular complexity index is 1600. The molecule has 0 bridgehead atoms. The van der Waals surface area contributed by atoms with Crippen LogP contribution in [0.25, 0.3) is 11.3 Å². The van der Waals surface area contributed by atoms with Crippen LogP contribution in [0.5, 0.6) is 11.5 Å². The first-order chi connectivity index (χ1) is 22.1. The molecule has 3 aromatic rings. The molecule has 2 heterocycles. The highest BCUT2D eigenvalue weighted by atomic mass is 19.3. The first-order valence-electron chi connectivity index (χ1n) is 14.6. The van der Waals surface area contributed by atoms with Gasteiger partial charge in [0, 0.05) is 17.7 Å². The molecule has 12 nitrogen and oxygen atoms in total. The second-order valence-corrected chi connectivity index (χ2v) is 10.7. The molecular formula is C32H33F2N3O9. The zero-order valence-corrected chi connectivity index (χ0v) is 25.0. The molecule has 2 aromatic carbocycles. The fraction of sp³-hybridized carbons (Fsp3) is 0.375. The number of carbonyl (C=O) groups is 3. The molecule has 1 fully saturated rings. The number of rotatable bonds is 16. The third-order valence-corrected chi connectivity index (χ3v) is 7.38. The molecule has 1 aromatic heterocycles. The first-order valence-corrected chi connectivity index (χ1v) is 14.6. The van der Waals surface area contributed by atoms with E-state index in [1.54, 1.807) is 30.3 Å². The number of amides is 2. The minimum atomic E-state index is -3.74. The second kappa shape index (κ2) is 14.2. The van der Waals surface area contributed by atoms with Gasteiger partial charge in [-0.15, -0.1) is 8.78 Å². The normalized spacial score (nSPS) is 15.3. The highest BCUT2D eigenvalue weighted by Crippen LogP contribution is 2.52. The quantitative estimate of drug-likeness (QED) is 0.196. The van der Waals surface area contributed by atoms with Gasteiger partial charge in [0.15, 0.2) is 11.5 Å². The summed E-state index contributed by atoms with van der Waals surface area (Å²) in [4.78, 5) is 41.2. The number of carboxylic acids is 1. The molecule has 1 aliphatic heterocycles. The Morgan fingerprint density at radius 2 is 1.63 bits per heavy atom. The van der Waals surface area contributed by atoms with Crippen molar-refractivity contribution in [2.24, 2.45) is 0 Å². The van der Waals surface area contributed by atoms with Gasteiger partial charge >= 0.3 is 12.3 Å². The molecule has 0 atom stereocenters. The van der Waals surface area contributed by atoms with Crippen LogP contribution in [0, 0.1) is 6.92 Å². The number of anilines is 1. The van der Waals surface area contributed by atoms with Crippen molar-refractivity contribution in [2.45, 2.75) is 31.5 Å². The van der Waals surface area contributed by atoms with Crippen molar-refractivity contribution in [3.05, 3.63) is 71.3 Å². The summed E-state index contributed by atoms with van der Waals surface area (Å²) >= 11 is 0. The molecule has 0 radical (unpaired) electrons. The third-order valence-electron chi connectivity index (χ3n) is 7.38. The topological polar surface area (TPSA) is 155 Å². The molecule has 1 aliphatic carbocycles. The third kappa shape index (κ3) is 8.13. The molecule has 0 saturated heterocycles. The van der Waals surface area contributed by atoms with Crippen LogP contribution in [0.1, 0.15) is 34.3 Å². The minimum Gasteiger partial charge on any atom is -0.480 e. The summed E-state index contributed by atoms with van der Waals surface area (Å²) in [6.45, 7) is 3.08. The Labute approximate surface area is 263 Å². The standard InChI is InChI=1S/C32H33F2N3O9/c1-20-5-8-26(37-30(41)31(9-10-31)23-6-7-24-25(18-23)46-32(33,34)45-24)36-28(20)21-3-2-4-22(17-21)29(40)35-11-12-42-13-14-43-15-16-44-19-27(38)39/h2-8,17-18H,9-16,19H2,1H3,(H,35,40)(H,38,39)(H,36,37,41). The molecule has 0 spiro atoms. The average molecular weight is 642 g/mol. The van der Waals surface area contributed by atoms with Crippen LogP contribution < -0.4 is 20.1 Å². The average Bonchev–Trinajstić information content (AvgIpc) is 3.77. The van der Waals surface area contributed by atoms with Gasteiger partial charge in [-0.3, -0.25) is 9.59 Å². The molecule has 5 rings (SSSR count). The number of hydrogen-bond acceptors (Lipinski definition) is 9. The first kappa shape index (κ1) is 32.7. The summed E-state index contributed by atoms with van der Waals surface area (Å²) in [6.07, 6.45) is -2.67. The number of aliphatic carboxylic acids is 1. The monoisotopic (exact) mass is 641 g/mol. The minimum absolute atomic E-state index is 0.0832. The summed E-state index contributed by atoms with van der Waals surface area (Å²) in [6, 6.07) is 14.8. The van der Waals surface area contributed by atoms with E-state index >= 15 is 0 Å². The molecule has 0 unspecified atom stereocenters. The van der Waals surface area contributed by atoms with Gasteiger partial charge in [0.05, 0.1) is 44.1 Å². The predicted molar refractivity (Wildman–Crippen MR) is 159 cm³/mol. The molecular weight excluding hydrogens is 608 g/mol. The van der Waals surface area contributed by atoms with E-state index in [-0.39, 0.29) is 56.3 Å². The fourth-order valence-corrected chi connectivity index (χ4v) is 4.89. The number of alkyl halides is 2. The van der Waals surface area contributed by atoms with Crippen LogP contribution in [-0.4, -0.2) is 80.4 Å². The molecule has 14 heteroatoms. The van der Waals surface area contributed by atoms with Crippen LogP contribution >= 0.6 is 0 Å². The van der Waals surface area contributed by atoms with E-state index in [1.807, 2.05) is 19.1 Å². The summed E-state index contributed by atoms with van der Waals surface area (Å²) in [5.41, 5.74) is 2.17. The maximum absolute atomic E-state index is 13.5.